The molecule has 1 aromatic rings. The Balaban J connectivity index is 0.000000568. The lowest BCUT2D eigenvalue weighted by atomic mass is 9.86. The lowest BCUT2D eigenvalue weighted by Crippen LogP contribution is -2.53. The van der Waals surface area contributed by atoms with Gasteiger partial charge in [0.1, 0.15) is 6.04 Å². The molecule has 1 unspecified atom stereocenters. The summed E-state index contributed by atoms with van der Waals surface area (Å²) in [5, 5.41) is 5.15. The monoisotopic (exact) mass is 320 g/mol. The molecule has 2 amide bonds. The van der Waals surface area contributed by atoms with Crippen LogP contribution >= 0.6 is 0 Å². The molecule has 0 heterocycles. The van der Waals surface area contributed by atoms with Gasteiger partial charge >= 0.3 is 6.09 Å². The maximum atomic E-state index is 11.8. The number of hydrogen-bond donors (Lipinski definition) is 2. The largest absolute Gasteiger partial charge is 0.453 e. The number of amides is 2. The van der Waals surface area contributed by atoms with E-state index in [9.17, 15) is 9.59 Å². The molecule has 0 bridgehead atoms. The van der Waals surface area contributed by atoms with Crippen molar-refractivity contribution in [3.8, 4) is 0 Å². The molecule has 1 atom stereocenters. The van der Waals surface area contributed by atoms with E-state index in [1.807, 2.05) is 39.0 Å². The van der Waals surface area contributed by atoms with Crippen LogP contribution < -0.4 is 10.6 Å². The number of nitrogens with one attached hydrogen (secondary N) is 2. The number of carbonyl (C=O) groups is 2. The molecule has 0 aliphatic heterocycles. The molecule has 0 saturated heterocycles. The number of benzene rings is 1. The average molecular weight is 320 g/mol. The zero-order chi connectivity index (χ0) is 17.9. The number of methoxy groups -OCH3 is 1. The minimum Gasteiger partial charge on any atom is -0.453 e. The first kappa shape index (κ1) is 20.7. The van der Waals surface area contributed by atoms with Crippen LogP contribution in [0.5, 0.6) is 0 Å². The Morgan fingerprint density at radius 1 is 1.26 bits per heavy atom. The lowest BCUT2D eigenvalue weighted by Gasteiger charge is -2.29. The first-order valence-corrected chi connectivity index (χ1v) is 7.47. The fourth-order valence-electron chi connectivity index (χ4n) is 1.66. The summed E-state index contributed by atoms with van der Waals surface area (Å²) in [4.78, 5) is 22.9. The molecular formula is C18H28N2O3. The van der Waals surface area contributed by atoms with Crippen molar-refractivity contribution >= 4 is 12.0 Å². The number of rotatable bonds is 4. The van der Waals surface area contributed by atoms with Crippen molar-refractivity contribution in [2.75, 3.05) is 13.7 Å². The van der Waals surface area contributed by atoms with E-state index in [2.05, 4.69) is 41.0 Å². The van der Waals surface area contributed by atoms with E-state index in [0.717, 1.165) is 0 Å². The highest BCUT2D eigenvalue weighted by molar-refractivity contribution is 5.86. The zero-order valence-corrected chi connectivity index (χ0v) is 14.7. The van der Waals surface area contributed by atoms with Gasteiger partial charge in [0.15, 0.2) is 0 Å². The highest BCUT2D eigenvalue weighted by atomic mass is 16.5. The van der Waals surface area contributed by atoms with E-state index in [1.54, 1.807) is 6.08 Å². The van der Waals surface area contributed by atoms with Crippen LogP contribution in [-0.4, -0.2) is 31.7 Å². The van der Waals surface area contributed by atoms with Crippen LogP contribution in [0, 0.1) is 12.3 Å². The number of hydrogen-bond acceptors (Lipinski definition) is 3. The van der Waals surface area contributed by atoms with E-state index in [-0.39, 0.29) is 11.3 Å². The molecule has 5 nitrogen and oxygen atoms in total. The molecule has 1 rings (SSSR count). The van der Waals surface area contributed by atoms with E-state index in [1.165, 1.54) is 12.7 Å². The zero-order valence-electron chi connectivity index (χ0n) is 14.7. The van der Waals surface area contributed by atoms with Crippen molar-refractivity contribution in [2.45, 2.75) is 33.7 Å². The molecule has 0 aromatic heterocycles. The highest BCUT2D eigenvalue weighted by Crippen LogP contribution is 2.19. The summed E-state index contributed by atoms with van der Waals surface area (Å²) in [5.74, 6) is -0.252. The molecule has 0 aliphatic rings. The van der Waals surface area contributed by atoms with Gasteiger partial charge in [-0.15, -0.1) is 6.58 Å². The molecule has 1 aromatic carbocycles. The minimum absolute atomic E-state index is 0.252. The van der Waals surface area contributed by atoms with Gasteiger partial charge in [-0.3, -0.25) is 4.79 Å². The summed E-state index contributed by atoms with van der Waals surface area (Å²) in [6.45, 7) is 11.5. The Bertz CT molecular complexity index is 493. The fourth-order valence-corrected chi connectivity index (χ4v) is 1.66. The first-order valence-electron chi connectivity index (χ1n) is 7.47. The average Bonchev–Trinajstić information content (AvgIpc) is 2.50. The molecule has 23 heavy (non-hydrogen) atoms. The third kappa shape index (κ3) is 9.34. The molecule has 0 saturated carbocycles. The fraction of sp³-hybridized carbons (Fsp3) is 0.444. The Morgan fingerprint density at radius 3 is 2.17 bits per heavy atom. The summed E-state index contributed by atoms with van der Waals surface area (Å²) >= 11 is 0. The summed E-state index contributed by atoms with van der Waals surface area (Å²) in [5.41, 5.74) is 0.932. The minimum atomic E-state index is -0.639. The first-order chi connectivity index (χ1) is 10.7. The molecule has 0 spiro atoms. The normalized spacial score (nSPS) is 11.3. The Hall–Kier alpha value is -2.30. The van der Waals surface area contributed by atoms with Crippen LogP contribution in [0.1, 0.15) is 26.3 Å². The van der Waals surface area contributed by atoms with Crippen LogP contribution in [-0.2, 0) is 9.53 Å². The van der Waals surface area contributed by atoms with Gasteiger partial charge in [-0.05, 0) is 12.3 Å². The molecule has 0 aliphatic carbocycles. The maximum Gasteiger partial charge on any atom is 0.407 e. The molecular weight excluding hydrogens is 292 g/mol. The van der Waals surface area contributed by atoms with Crippen molar-refractivity contribution in [3.05, 3.63) is 48.6 Å². The van der Waals surface area contributed by atoms with Crippen molar-refractivity contribution in [1.29, 1.82) is 0 Å². The van der Waals surface area contributed by atoms with Gasteiger partial charge in [-0.25, -0.2) is 4.79 Å². The van der Waals surface area contributed by atoms with Crippen molar-refractivity contribution in [3.63, 3.8) is 0 Å². The van der Waals surface area contributed by atoms with Crippen LogP contribution in [0.2, 0.25) is 0 Å². The van der Waals surface area contributed by atoms with Crippen LogP contribution in [0.25, 0.3) is 0 Å². The van der Waals surface area contributed by atoms with E-state index >= 15 is 0 Å². The summed E-state index contributed by atoms with van der Waals surface area (Å²) in [6.07, 6.45) is 0.962. The van der Waals surface area contributed by atoms with Crippen LogP contribution in [0.15, 0.2) is 43.0 Å². The topological polar surface area (TPSA) is 67.4 Å². The second-order valence-electron chi connectivity index (χ2n) is 6.12. The van der Waals surface area contributed by atoms with Gasteiger partial charge in [0.05, 0.1) is 7.11 Å². The second-order valence-corrected chi connectivity index (χ2v) is 6.12. The molecule has 128 valence electrons. The van der Waals surface area contributed by atoms with Crippen molar-refractivity contribution in [1.82, 2.24) is 10.6 Å². The van der Waals surface area contributed by atoms with Gasteiger partial charge in [-0.2, -0.15) is 0 Å². The van der Waals surface area contributed by atoms with E-state index < -0.39 is 12.1 Å². The Kier molecular flexibility index (Phi) is 9.39. The second kappa shape index (κ2) is 10.4. The maximum absolute atomic E-state index is 11.8. The number of ether oxygens (including phenoxy) is 1. The SMILES string of the molecule is C=CCNC(=O)C(NC(=O)OC)C(C)(C)C.Cc1ccccc1. The molecule has 5 heteroatoms. The predicted molar refractivity (Wildman–Crippen MR) is 93.2 cm³/mol. The van der Waals surface area contributed by atoms with Crippen LogP contribution in [0.4, 0.5) is 4.79 Å². The van der Waals surface area contributed by atoms with Gasteiger partial charge in [0, 0.05) is 6.54 Å². The predicted octanol–water partition coefficient (Wildman–Crippen LogP) is 3.05. The summed E-state index contributed by atoms with van der Waals surface area (Å²) < 4.78 is 4.48. The van der Waals surface area contributed by atoms with Gasteiger partial charge in [0.2, 0.25) is 5.91 Å². The quantitative estimate of drug-likeness (QED) is 0.838. The number of aryl methyl sites for hydroxylation is 1. The smallest absolute Gasteiger partial charge is 0.407 e. The third-order valence-corrected chi connectivity index (χ3v) is 2.94. The van der Waals surface area contributed by atoms with Crippen LogP contribution in [0.3, 0.4) is 0 Å². The van der Waals surface area contributed by atoms with E-state index in [0.29, 0.717) is 6.54 Å². The van der Waals surface area contributed by atoms with E-state index in [4.69, 9.17) is 0 Å². The van der Waals surface area contributed by atoms with Gasteiger partial charge in [0.25, 0.3) is 0 Å². The van der Waals surface area contributed by atoms with Gasteiger partial charge in [-0.1, -0.05) is 62.7 Å². The van der Waals surface area contributed by atoms with Crippen molar-refractivity contribution < 1.29 is 14.3 Å². The standard InChI is InChI=1S/C11H20N2O3.C7H8/c1-6-7-12-9(14)8(11(2,3)4)13-10(15)16-5;1-7-5-3-2-4-6-7/h6,8H,1,7H2,2-5H3,(H,12,14)(H,13,15);2-6H,1H3. The molecule has 2 N–H and O–H groups in total. The molecule has 0 fully saturated rings. The van der Waals surface area contributed by atoms with Crippen molar-refractivity contribution in [2.24, 2.45) is 5.41 Å². The number of carbonyl (C=O) groups excluding carboxylic acids is 2. The third-order valence-electron chi connectivity index (χ3n) is 2.94. The van der Waals surface area contributed by atoms with Gasteiger partial charge < -0.3 is 15.4 Å². The molecule has 0 radical (unpaired) electrons. The number of alkyl carbamates (subject to hydrolysis) is 1. The highest BCUT2D eigenvalue weighted by Gasteiger charge is 2.32. The Labute approximate surface area is 139 Å². The lowest BCUT2D eigenvalue weighted by molar-refractivity contribution is -0.125. The summed E-state index contributed by atoms with van der Waals surface area (Å²) in [6, 6.07) is 9.62. The Morgan fingerprint density at radius 2 is 1.83 bits per heavy atom. The summed E-state index contributed by atoms with van der Waals surface area (Å²) in [7, 11) is 1.26.